The Hall–Kier alpha value is -1.48. The van der Waals surface area contributed by atoms with Gasteiger partial charge in [0.15, 0.2) is 0 Å². The van der Waals surface area contributed by atoms with Crippen LogP contribution >= 0.6 is 11.8 Å². The number of para-hydroxylation sites is 1. The SMILES string of the molecule is C=CCC(C=C)=NCCCC.c1ccc2c(c1)OCS2. The molecule has 0 radical (unpaired) electrons. The van der Waals surface area contributed by atoms with Crippen LogP contribution in [0.4, 0.5) is 0 Å². The maximum atomic E-state index is 5.26. The molecule has 2 rings (SSSR count). The normalized spacial score (nSPS) is 12.8. The summed E-state index contributed by atoms with van der Waals surface area (Å²) < 4.78 is 5.26. The van der Waals surface area contributed by atoms with Crippen molar-refractivity contribution in [3.8, 4) is 5.75 Å². The first-order chi connectivity index (χ1) is 9.81. The third-order valence-electron chi connectivity index (χ3n) is 2.69. The first-order valence-electron chi connectivity index (χ1n) is 6.93. The summed E-state index contributed by atoms with van der Waals surface area (Å²) >= 11 is 1.75. The van der Waals surface area contributed by atoms with Crippen molar-refractivity contribution in [2.24, 2.45) is 4.99 Å². The van der Waals surface area contributed by atoms with Crippen LogP contribution in [-0.2, 0) is 0 Å². The Labute approximate surface area is 126 Å². The monoisotopic (exact) mass is 289 g/mol. The first kappa shape index (κ1) is 16.6. The zero-order chi connectivity index (χ0) is 14.6. The quantitative estimate of drug-likeness (QED) is 0.412. The number of benzene rings is 1. The smallest absolute Gasteiger partial charge is 0.138 e. The van der Waals surface area contributed by atoms with Crippen LogP contribution in [-0.4, -0.2) is 18.2 Å². The van der Waals surface area contributed by atoms with Crippen LogP contribution in [0.2, 0.25) is 0 Å². The second-order valence-corrected chi connectivity index (χ2v) is 5.24. The summed E-state index contributed by atoms with van der Waals surface area (Å²) in [5.41, 5.74) is 1.05. The van der Waals surface area contributed by atoms with Crippen molar-refractivity contribution in [3.63, 3.8) is 0 Å². The third-order valence-corrected chi connectivity index (χ3v) is 3.58. The van der Waals surface area contributed by atoms with E-state index in [4.69, 9.17) is 4.74 Å². The fraction of sp³-hybridized carbons (Fsp3) is 0.353. The molecule has 0 spiro atoms. The first-order valence-corrected chi connectivity index (χ1v) is 7.91. The summed E-state index contributed by atoms with van der Waals surface area (Å²) in [6, 6.07) is 8.09. The number of ether oxygens (including phenoxy) is 1. The van der Waals surface area contributed by atoms with E-state index in [1.165, 1.54) is 11.3 Å². The van der Waals surface area contributed by atoms with Crippen molar-refractivity contribution in [1.82, 2.24) is 0 Å². The summed E-state index contributed by atoms with van der Waals surface area (Å²) in [5.74, 6) is 1.81. The van der Waals surface area contributed by atoms with Crippen LogP contribution < -0.4 is 4.74 Å². The van der Waals surface area contributed by atoms with Gasteiger partial charge >= 0.3 is 0 Å². The van der Waals surface area contributed by atoms with E-state index in [2.05, 4.69) is 31.1 Å². The van der Waals surface area contributed by atoms with Gasteiger partial charge in [0.1, 0.15) is 11.7 Å². The second-order valence-electron chi connectivity index (χ2n) is 4.28. The maximum Gasteiger partial charge on any atom is 0.138 e. The number of aliphatic imine (C=N–C) groups is 1. The van der Waals surface area contributed by atoms with Gasteiger partial charge in [-0.15, -0.1) is 6.58 Å². The highest BCUT2D eigenvalue weighted by molar-refractivity contribution is 7.99. The molecule has 0 unspecified atom stereocenters. The van der Waals surface area contributed by atoms with E-state index in [0.717, 1.165) is 36.8 Å². The van der Waals surface area contributed by atoms with Crippen LogP contribution in [0.3, 0.4) is 0 Å². The molecule has 20 heavy (non-hydrogen) atoms. The lowest BCUT2D eigenvalue weighted by atomic mass is 10.2. The van der Waals surface area contributed by atoms with Crippen molar-refractivity contribution in [1.29, 1.82) is 0 Å². The van der Waals surface area contributed by atoms with Crippen LogP contribution in [0.1, 0.15) is 26.2 Å². The summed E-state index contributed by atoms with van der Waals surface area (Å²) in [4.78, 5) is 5.61. The minimum absolute atomic E-state index is 0.777. The van der Waals surface area contributed by atoms with Crippen molar-refractivity contribution in [2.45, 2.75) is 31.1 Å². The van der Waals surface area contributed by atoms with Crippen molar-refractivity contribution in [3.05, 3.63) is 49.6 Å². The molecule has 0 saturated heterocycles. The Morgan fingerprint density at radius 2 is 2.20 bits per heavy atom. The lowest BCUT2D eigenvalue weighted by Gasteiger charge is -1.95. The van der Waals surface area contributed by atoms with Gasteiger partial charge in [-0.05, 0) is 24.6 Å². The van der Waals surface area contributed by atoms with E-state index in [9.17, 15) is 0 Å². The molecule has 3 heteroatoms. The minimum Gasteiger partial charge on any atom is -0.481 e. The fourth-order valence-corrected chi connectivity index (χ4v) is 2.34. The Balaban J connectivity index is 0.000000202. The summed E-state index contributed by atoms with van der Waals surface area (Å²) in [6.07, 6.45) is 6.85. The molecule has 0 aromatic heterocycles. The number of rotatable bonds is 6. The molecule has 1 aliphatic heterocycles. The maximum absolute atomic E-state index is 5.26. The largest absolute Gasteiger partial charge is 0.481 e. The van der Waals surface area contributed by atoms with Gasteiger partial charge in [0.25, 0.3) is 0 Å². The highest BCUT2D eigenvalue weighted by atomic mass is 32.2. The molecule has 1 heterocycles. The molecule has 1 aliphatic rings. The zero-order valence-electron chi connectivity index (χ0n) is 12.2. The number of nitrogens with zero attached hydrogens (tertiary/aromatic N) is 1. The lowest BCUT2D eigenvalue weighted by molar-refractivity contribution is 0.397. The molecule has 0 N–H and O–H groups in total. The van der Waals surface area contributed by atoms with Crippen LogP contribution in [0.25, 0.3) is 0 Å². The fourth-order valence-electron chi connectivity index (χ4n) is 1.59. The van der Waals surface area contributed by atoms with Crippen LogP contribution in [0.15, 0.2) is 59.5 Å². The van der Waals surface area contributed by atoms with E-state index < -0.39 is 0 Å². The molecule has 0 bridgehead atoms. The molecule has 0 amide bonds. The van der Waals surface area contributed by atoms with Crippen molar-refractivity contribution < 1.29 is 4.74 Å². The number of hydrogen-bond donors (Lipinski definition) is 0. The van der Waals surface area contributed by atoms with Crippen molar-refractivity contribution in [2.75, 3.05) is 12.5 Å². The number of hydrogen-bond acceptors (Lipinski definition) is 3. The van der Waals surface area contributed by atoms with E-state index in [0.29, 0.717) is 0 Å². The summed E-state index contributed by atoms with van der Waals surface area (Å²) in [5, 5.41) is 0. The Bertz CT molecular complexity index is 431. The van der Waals surface area contributed by atoms with E-state index >= 15 is 0 Å². The Morgan fingerprint density at radius 3 is 2.85 bits per heavy atom. The van der Waals surface area contributed by atoms with Crippen LogP contribution in [0, 0.1) is 0 Å². The van der Waals surface area contributed by atoms with Crippen LogP contribution in [0.5, 0.6) is 5.75 Å². The minimum atomic E-state index is 0.777. The average molecular weight is 289 g/mol. The molecule has 1 aromatic rings. The molecule has 1 aromatic carbocycles. The molecule has 0 atom stereocenters. The predicted octanol–water partition coefficient (Wildman–Crippen LogP) is 5.12. The topological polar surface area (TPSA) is 21.6 Å². The van der Waals surface area contributed by atoms with Gasteiger partial charge in [-0.25, -0.2) is 0 Å². The predicted molar refractivity (Wildman–Crippen MR) is 90.0 cm³/mol. The Kier molecular flexibility index (Phi) is 8.56. The third kappa shape index (κ3) is 6.11. The van der Waals surface area contributed by atoms with Gasteiger partial charge < -0.3 is 4.74 Å². The van der Waals surface area contributed by atoms with Gasteiger partial charge in [0, 0.05) is 18.7 Å². The van der Waals surface area contributed by atoms with E-state index in [-0.39, 0.29) is 0 Å². The summed E-state index contributed by atoms with van der Waals surface area (Å²) in [6.45, 7) is 10.4. The molecule has 0 saturated carbocycles. The molecule has 108 valence electrons. The highest BCUT2D eigenvalue weighted by Gasteiger charge is 2.09. The molecule has 2 nitrogen and oxygen atoms in total. The molecule has 0 fully saturated rings. The van der Waals surface area contributed by atoms with Crippen molar-refractivity contribution >= 4 is 17.5 Å². The van der Waals surface area contributed by atoms with Gasteiger partial charge in [0.2, 0.25) is 0 Å². The highest BCUT2D eigenvalue weighted by Crippen LogP contribution is 2.34. The van der Waals surface area contributed by atoms with Gasteiger partial charge in [-0.3, -0.25) is 4.99 Å². The zero-order valence-corrected chi connectivity index (χ0v) is 13.0. The standard InChI is InChI=1S/C10H17N.C7H6OS/c1-4-7-9-11-10(6-3)8-5-2;1-2-4-7-6(3-1)8-5-9-7/h5-6H,2-4,7-9H2,1H3;1-4H,5H2. The molecular formula is C17H23NOS. The van der Waals surface area contributed by atoms with Gasteiger partial charge in [-0.2, -0.15) is 0 Å². The molecule has 0 aliphatic carbocycles. The Morgan fingerprint density at radius 1 is 1.40 bits per heavy atom. The second kappa shape index (κ2) is 10.3. The van der Waals surface area contributed by atoms with E-state index in [1.54, 1.807) is 17.8 Å². The number of thioether (sulfide) groups is 1. The number of fused-ring (bicyclic) bond motifs is 1. The lowest BCUT2D eigenvalue weighted by Crippen LogP contribution is -1.92. The van der Waals surface area contributed by atoms with E-state index in [1.807, 2.05) is 24.3 Å². The van der Waals surface area contributed by atoms with Gasteiger partial charge in [0.05, 0.1) is 4.90 Å². The number of allylic oxidation sites excluding steroid dienone is 2. The number of unbranched alkanes of at least 4 members (excludes halogenated alkanes) is 1. The molecular weight excluding hydrogens is 266 g/mol. The summed E-state index contributed by atoms with van der Waals surface area (Å²) in [7, 11) is 0. The average Bonchev–Trinajstić information content (AvgIpc) is 2.95. The van der Waals surface area contributed by atoms with Gasteiger partial charge in [-0.1, -0.05) is 49.9 Å².